The number of rotatable bonds is 1. The minimum absolute atomic E-state index is 0.0509. The van der Waals surface area contributed by atoms with Crippen LogP contribution >= 0.6 is 0 Å². The maximum absolute atomic E-state index is 10.5. The average molecular weight is 144 g/mol. The van der Waals surface area contributed by atoms with Gasteiger partial charge in [-0.2, -0.15) is 0 Å². The number of amides is 1. The van der Waals surface area contributed by atoms with Gasteiger partial charge in [-0.25, -0.2) is 4.79 Å². The molecule has 58 valence electrons. The van der Waals surface area contributed by atoms with E-state index in [1.165, 1.54) is 0 Å². The predicted octanol–water partition coefficient (Wildman–Crippen LogP) is -0.168. The zero-order valence-electron chi connectivity index (χ0n) is 5.96. The zero-order chi connectivity index (χ0) is 7.56. The molecular formula is C6H12N2O2. The quantitative estimate of drug-likeness (QED) is 0.537. The second-order valence-corrected chi connectivity index (χ2v) is 2.51. The molecule has 0 aromatic heterocycles. The van der Waals surface area contributed by atoms with Crippen LogP contribution in [0.25, 0.3) is 0 Å². The fourth-order valence-corrected chi connectivity index (χ4v) is 0.913. The third-order valence-corrected chi connectivity index (χ3v) is 1.61. The molecule has 0 aromatic carbocycles. The summed E-state index contributed by atoms with van der Waals surface area (Å²) in [5, 5.41) is 2.38. The van der Waals surface area contributed by atoms with Crippen molar-refractivity contribution in [3.63, 3.8) is 0 Å². The lowest BCUT2D eigenvalue weighted by molar-refractivity contribution is 0.0425. The number of nitrogens with two attached hydrogens (primary N) is 1. The number of hydrogen-bond donors (Lipinski definition) is 2. The Labute approximate surface area is 59.7 Å². The highest BCUT2D eigenvalue weighted by Gasteiger charge is 2.28. The summed E-state index contributed by atoms with van der Waals surface area (Å²) in [7, 11) is 1.54. The van der Waals surface area contributed by atoms with Crippen molar-refractivity contribution in [3.05, 3.63) is 0 Å². The number of alkyl carbamates (subject to hydrolysis) is 1. The first-order valence-electron chi connectivity index (χ1n) is 3.36. The van der Waals surface area contributed by atoms with Crippen LogP contribution in [0.15, 0.2) is 0 Å². The van der Waals surface area contributed by atoms with Crippen molar-refractivity contribution in [2.45, 2.75) is 25.0 Å². The third kappa shape index (κ3) is 1.60. The lowest BCUT2D eigenvalue weighted by Gasteiger charge is -2.31. The van der Waals surface area contributed by atoms with Gasteiger partial charge in [-0.3, -0.25) is 0 Å². The lowest BCUT2D eigenvalue weighted by Crippen LogP contribution is -2.43. The van der Waals surface area contributed by atoms with Gasteiger partial charge in [-0.1, -0.05) is 0 Å². The number of nitrogens with one attached hydrogen (secondary N) is 1. The molecule has 1 fully saturated rings. The van der Waals surface area contributed by atoms with Crippen molar-refractivity contribution in [3.8, 4) is 0 Å². The largest absolute Gasteiger partial charge is 0.446 e. The van der Waals surface area contributed by atoms with E-state index >= 15 is 0 Å². The summed E-state index contributed by atoms with van der Waals surface area (Å²) in [6.07, 6.45) is 1.28. The molecule has 4 heteroatoms. The van der Waals surface area contributed by atoms with Gasteiger partial charge in [0.2, 0.25) is 0 Å². The predicted molar refractivity (Wildman–Crippen MR) is 36.5 cm³/mol. The number of carbonyl (C=O) groups excluding carboxylic acids is 1. The summed E-state index contributed by atoms with van der Waals surface area (Å²) in [6.45, 7) is 0. The zero-order valence-corrected chi connectivity index (χ0v) is 5.96. The molecule has 1 saturated carbocycles. The molecule has 1 aliphatic carbocycles. The molecule has 0 bridgehead atoms. The average Bonchev–Trinajstić information content (AvgIpc) is 1.84. The molecule has 4 nitrogen and oxygen atoms in total. The van der Waals surface area contributed by atoms with Crippen LogP contribution < -0.4 is 11.1 Å². The molecule has 1 rings (SSSR count). The molecule has 0 heterocycles. The highest BCUT2D eigenvalue weighted by molar-refractivity contribution is 5.66. The Morgan fingerprint density at radius 3 is 2.70 bits per heavy atom. The SMILES string of the molecule is CNC(=O)O[C@H]1C[C@H](N)C1. The second-order valence-electron chi connectivity index (χ2n) is 2.51. The summed E-state index contributed by atoms with van der Waals surface area (Å²) in [6, 6.07) is 0.231. The van der Waals surface area contributed by atoms with Gasteiger partial charge in [0.15, 0.2) is 0 Å². The van der Waals surface area contributed by atoms with Crippen LogP contribution in [0.1, 0.15) is 12.8 Å². The van der Waals surface area contributed by atoms with E-state index in [-0.39, 0.29) is 18.2 Å². The smallest absolute Gasteiger partial charge is 0.407 e. The molecule has 0 spiro atoms. The van der Waals surface area contributed by atoms with Gasteiger partial charge < -0.3 is 15.8 Å². The molecule has 0 unspecified atom stereocenters. The summed E-state index contributed by atoms with van der Waals surface area (Å²) in [4.78, 5) is 10.5. The molecule has 0 saturated heterocycles. The summed E-state index contributed by atoms with van der Waals surface area (Å²) < 4.78 is 4.88. The van der Waals surface area contributed by atoms with E-state index in [0.29, 0.717) is 0 Å². The second kappa shape index (κ2) is 2.88. The lowest BCUT2D eigenvalue weighted by atomic mass is 9.90. The van der Waals surface area contributed by atoms with Crippen LogP contribution in [-0.4, -0.2) is 25.3 Å². The molecule has 10 heavy (non-hydrogen) atoms. The van der Waals surface area contributed by atoms with E-state index in [1.54, 1.807) is 7.05 Å². The van der Waals surface area contributed by atoms with Gasteiger partial charge >= 0.3 is 6.09 Å². The van der Waals surface area contributed by atoms with Crippen LogP contribution in [0.5, 0.6) is 0 Å². The van der Waals surface area contributed by atoms with Crippen molar-refractivity contribution in [1.29, 1.82) is 0 Å². The van der Waals surface area contributed by atoms with Crippen molar-refractivity contribution < 1.29 is 9.53 Å². The van der Waals surface area contributed by atoms with E-state index in [2.05, 4.69) is 5.32 Å². The van der Waals surface area contributed by atoms with Crippen molar-refractivity contribution in [1.82, 2.24) is 5.32 Å². The van der Waals surface area contributed by atoms with E-state index in [4.69, 9.17) is 10.5 Å². The Bertz CT molecular complexity index is 132. The topological polar surface area (TPSA) is 64.3 Å². The summed E-state index contributed by atoms with van der Waals surface area (Å²) >= 11 is 0. The van der Waals surface area contributed by atoms with Crippen molar-refractivity contribution in [2.24, 2.45) is 5.73 Å². The van der Waals surface area contributed by atoms with Gasteiger partial charge in [-0.15, -0.1) is 0 Å². The number of carbonyl (C=O) groups is 1. The van der Waals surface area contributed by atoms with Gasteiger partial charge in [0.25, 0.3) is 0 Å². The molecule has 0 atom stereocenters. The molecular weight excluding hydrogens is 132 g/mol. The molecule has 1 aliphatic rings. The van der Waals surface area contributed by atoms with E-state index in [0.717, 1.165) is 12.8 Å². The molecule has 0 radical (unpaired) electrons. The maximum atomic E-state index is 10.5. The molecule has 0 aliphatic heterocycles. The van der Waals surface area contributed by atoms with E-state index < -0.39 is 0 Å². The van der Waals surface area contributed by atoms with Crippen LogP contribution in [0, 0.1) is 0 Å². The molecule has 0 aromatic rings. The van der Waals surface area contributed by atoms with Gasteiger partial charge in [-0.05, 0) is 12.8 Å². The minimum atomic E-state index is -0.364. The first-order chi connectivity index (χ1) is 4.72. The number of ether oxygens (including phenoxy) is 1. The Hall–Kier alpha value is -0.770. The monoisotopic (exact) mass is 144 g/mol. The van der Waals surface area contributed by atoms with E-state index in [1.807, 2.05) is 0 Å². The normalized spacial score (nSPS) is 30.6. The van der Waals surface area contributed by atoms with Crippen LogP contribution in [0.3, 0.4) is 0 Å². The fourth-order valence-electron chi connectivity index (χ4n) is 0.913. The Kier molecular flexibility index (Phi) is 2.11. The van der Waals surface area contributed by atoms with Crippen LogP contribution in [-0.2, 0) is 4.74 Å². The van der Waals surface area contributed by atoms with Gasteiger partial charge in [0, 0.05) is 13.1 Å². The van der Waals surface area contributed by atoms with Crippen LogP contribution in [0.4, 0.5) is 4.79 Å². The Morgan fingerprint density at radius 2 is 2.30 bits per heavy atom. The summed E-state index contributed by atoms with van der Waals surface area (Å²) in [5.74, 6) is 0. The maximum Gasteiger partial charge on any atom is 0.407 e. The van der Waals surface area contributed by atoms with E-state index in [9.17, 15) is 4.79 Å². The Morgan fingerprint density at radius 1 is 1.70 bits per heavy atom. The number of hydrogen-bond acceptors (Lipinski definition) is 3. The van der Waals surface area contributed by atoms with Crippen LogP contribution in [0.2, 0.25) is 0 Å². The van der Waals surface area contributed by atoms with Gasteiger partial charge in [0.1, 0.15) is 6.10 Å². The Balaban J connectivity index is 2.10. The van der Waals surface area contributed by atoms with Gasteiger partial charge in [0.05, 0.1) is 0 Å². The fraction of sp³-hybridized carbons (Fsp3) is 0.833. The van der Waals surface area contributed by atoms with Crippen molar-refractivity contribution in [2.75, 3.05) is 7.05 Å². The first kappa shape index (κ1) is 7.34. The van der Waals surface area contributed by atoms with Crippen molar-refractivity contribution >= 4 is 6.09 Å². The minimum Gasteiger partial charge on any atom is -0.446 e. The highest BCUT2D eigenvalue weighted by Crippen LogP contribution is 2.20. The highest BCUT2D eigenvalue weighted by atomic mass is 16.6. The summed E-state index contributed by atoms with van der Waals surface area (Å²) in [5.41, 5.74) is 5.47. The first-order valence-corrected chi connectivity index (χ1v) is 3.36. The standard InChI is InChI=1S/C6H12N2O2/c1-8-6(9)10-5-2-4(7)3-5/h4-5H,2-3,7H2,1H3,(H,8,9)/t4-,5-. The molecule has 3 N–H and O–H groups in total. The third-order valence-electron chi connectivity index (χ3n) is 1.61. The molecule has 1 amide bonds.